The van der Waals surface area contributed by atoms with Gasteiger partial charge in [-0.15, -0.1) is 0 Å². The van der Waals surface area contributed by atoms with E-state index in [1.807, 2.05) is 13.0 Å². The fraction of sp³-hybridized carbons (Fsp3) is 0.600. The van der Waals surface area contributed by atoms with Crippen molar-refractivity contribution in [2.75, 3.05) is 67.2 Å². The van der Waals surface area contributed by atoms with E-state index in [0.29, 0.717) is 13.2 Å². The van der Waals surface area contributed by atoms with E-state index in [0.717, 1.165) is 75.5 Å². The van der Waals surface area contributed by atoms with Crippen molar-refractivity contribution in [3.8, 4) is 0 Å². The molecule has 0 N–H and O–H groups in total. The van der Waals surface area contributed by atoms with E-state index < -0.39 is 0 Å². The van der Waals surface area contributed by atoms with E-state index in [1.165, 1.54) is 0 Å². The number of piperazine rings is 1. The molecule has 3 aliphatic heterocycles. The Hall–Kier alpha value is -2.52. The van der Waals surface area contributed by atoms with Crippen LogP contribution >= 0.6 is 0 Å². The van der Waals surface area contributed by atoms with Crippen LogP contribution in [0.5, 0.6) is 0 Å². The van der Waals surface area contributed by atoms with Crippen molar-refractivity contribution in [2.24, 2.45) is 0 Å². The number of hydrogen-bond acceptors (Lipinski definition) is 9. The maximum absolute atomic E-state index is 5.85. The molecule has 3 fully saturated rings. The first-order chi connectivity index (χ1) is 14.2. The molecule has 0 atom stereocenters. The molecule has 9 nitrogen and oxygen atoms in total. The molecule has 0 unspecified atom stereocenters. The van der Waals surface area contributed by atoms with Gasteiger partial charge in [0.05, 0.1) is 13.2 Å². The van der Waals surface area contributed by atoms with Gasteiger partial charge in [-0.1, -0.05) is 0 Å². The minimum atomic E-state index is -0.364. The summed E-state index contributed by atoms with van der Waals surface area (Å²) in [5.41, 5.74) is 0.993. The molecule has 3 aliphatic rings. The van der Waals surface area contributed by atoms with Gasteiger partial charge in [0.1, 0.15) is 5.82 Å². The van der Waals surface area contributed by atoms with Crippen LogP contribution in [0, 0.1) is 6.92 Å². The molecule has 0 aromatic carbocycles. The second kappa shape index (κ2) is 7.72. The molecule has 0 amide bonds. The topological polar surface area (TPSA) is 79.7 Å². The summed E-state index contributed by atoms with van der Waals surface area (Å²) in [6.45, 7) is 8.64. The van der Waals surface area contributed by atoms with Gasteiger partial charge in [0, 0.05) is 76.3 Å². The van der Waals surface area contributed by atoms with Gasteiger partial charge < -0.3 is 24.2 Å². The first-order valence-electron chi connectivity index (χ1n) is 10.4. The van der Waals surface area contributed by atoms with Gasteiger partial charge in [0.2, 0.25) is 11.9 Å². The van der Waals surface area contributed by atoms with Gasteiger partial charge in [-0.2, -0.15) is 4.98 Å². The van der Waals surface area contributed by atoms with Crippen molar-refractivity contribution in [1.29, 1.82) is 0 Å². The number of piperidine rings is 1. The molecule has 0 saturated carbocycles. The van der Waals surface area contributed by atoms with Gasteiger partial charge in [-0.3, -0.25) is 0 Å². The minimum Gasteiger partial charge on any atom is -0.356 e. The molecule has 1 spiro atoms. The second-order valence-corrected chi connectivity index (χ2v) is 7.79. The average molecular weight is 397 g/mol. The molecule has 5 rings (SSSR count). The van der Waals surface area contributed by atoms with Crippen LogP contribution in [0.2, 0.25) is 0 Å². The highest BCUT2D eigenvalue weighted by Gasteiger charge is 2.40. The molecular weight excluding hydrogens is 370 g/mol. The van der Waals surface area contributed by atoms with Gasteiger partial charge >= 0.3 is 0 Å². The van der Waals surface area contributed by atoms with Gasteiger partial charge in [0.25, 0.3) is 0 Å². The van der Waals surface area contributed by atoms with Gasteiger partial charge in [-0.05, 0) is 13.0 Å². The first-order valence-corrected chi connectivity index (χ1v) is 10.4. The SMILES string of the molecule is Cc1cc(N2CCC3(CC2)OCCO3)nc(N2CCN(c3ncccn3)CC2)n1. The fourth-order valence-electron chi connectivity index (χ4n) is 4.26. The van der Waals surface area contributed by atoms with E-state index in [-0.39, 0.29) is 5.79 Å². The normalized spacial score (nSPS) is 21.8. The number of nitrogens with zero attached hydrogens (tertiary/aromatic N) is 7. The number of ether oxygens (including phenoxy) is 2. The molecule has 3 saturated heterocycles. The highest BCUT2D eigenvalue weighted by molar-refractivity contribution is 5.47. The zero-order valence-electron chi connectivity index (χ0n) is 16.8. The summed E-state index contributed by atoms with van der Waals surface area (Å²) in [6.07, 6.45) is 5.33. The predicted molar refractivity (Wildman–Crippen MR) is 109 cm³/mol. The third-order valence-corrected chi connectivity index (χ3v) is 5.89. The van der Waals surface area contributed by atoms with Crippen LogP contribution in [0.4, 0.5) is 17.7 Å². The molecule has 0 radical (unpaired) electrons. The monoisotopic (exact) mass is 397 g/mol. The number of hydrogen-bond donors (Lipinski definition) is 0. The number of rotatable bonds is 3. The predicted octanol–water partition coefficient (Wildman–Crippen LogP) is 1.24. The quantitative estimate of drug-likeness (QED) is 0.760. The lowest BCUT2D eigenvalue weighted by atomic mass is 10.0. The van der Waals surface area contributed by atoms with Crippen LogP contribution in [-0.4, -0.2) is 78.2 Å². The van der Waals surface area contributed by atoms with E-state index in [1.54, 1.807) is 12.4 Å². The van der Waals surface area contributed by atoms with Crippen LogP contribution in [-0.2, 0) is 9.47 Å². The summed E-state index contributed by atoms with van der Waals surface area (Å²) in [5, 5.41) is 0. The fourth-order valence-corrected chi connectivity index (χ4v) is 4.26. The van der Waals surface area contributed by atoms with Crippen molar-refractivity contribution in [1.82, 2.24) is 19.9 Å². The average Bonchev–Trinajstić information content (AvgIpc) is 3.22. The molecule has 2 aromatic rings. The van der Waals surface area contributed by atoms with E-state index >= 15 is 0 Å². The van der Waals surface area contributed by atoms with E-state index in [4.69, 9.17) is 19.4 Å². The van der Waals surface area contributed by atoms with E-state index in [2.05, 4.69) is 30.7 Å². The summed E-state index contributed by atoms with van der Waals surface area (Å²) in [4.78, 5) is 25.1. The van der Waals surface area contributed by atoms with Gasteiger partial charge in [-0.25, -0.2) is 15.0 Å². The largest absolute Gasteiger partial charge is 0.356 e. The molecule has 2 aromatic heterocycles. The highest BCUT2D eigenvalue weighted by Crippen LogP contribution is 2.33. The summed E-state index contributed by atoms with van der Waals surface area (Å²) in [7, 11) is 0. The third kappa shape index (κ3) is 3.84. The molecule has 5 heterocycles. The molecular formula is C20H27N7O2. The van der Waals surface area contributed by atoms with Crippen LogP contribution in [0.15, 0.2) is 24.5 Å². The zero-order valence-corrected chi connectivity index (χ0v) is 16.8. The van der Waals surface area contributed by atoms with Crippen molar-refractivity contribution >= 4 is 17.7 Å². The summed E-state index contributed by atoms with van der Waals surface area (Å²) < 4.78 is 11.7. The molecule has 9 heteroatoms. The van der Waals surface area contributed by atoms with Crippen LogP contribution < -0.4 is 14.7 Å². The Balaban J connectivity index is 1.26. The van der Waals surface area contributed by atoms with Crippen LogP contribution in [0.25, 0.3) is 0 Å². The minimum absolute atomic E-state index is 0.364. The lowest BCUT2D eigenvalue weighted by Gasteiger charge is -2.39. The number of aromatic nitrogens is 4. The molecule has 154 valence electrons. The van der Waals surface area contributed by atoms with Gasteiger partial charge in [0.15, 0.2) is 5.79 Å². The summed E-state index contributed by atoms with van der Waals surface area (Å²) in [5.74, 6) is 2.23. The lowest BCUT2D eigenvalue weighted by molar-refractivity contribution is -0.169. The Bertz CT molecular complexity index is 826. The Morgan fingerprint density at radius 3 is 2.07 bits per heavy atom. The lowest BCUT2D eigenvalue weighted by Crippen LogP contribution is -2.48. The molecule has 29 heavy (non-hydrogen) atoms. The molecule has 0 bridgehead atoms. The smallest absolute Gasteiger partial charge is 0.227 e. The highest BCUT2D eigenvalue weighted by atomic mass is 16.7. The summed E-state index contributed by atoms with van der Waals surface area (Å²) >= 11 is 0. The van der Waals surface area contributed by atoms with E-state index in [9.17, 15) is 0 Å². The van der Waals surface area contributed by atoms with Crippen molar-refractivity contribution in [3.05, 3.63) is 30.2 Å². The number of anilines is 3. The molecule has 0 aliphatic carbocycles. The Morgan fingerprint density at radius 1 is 0.793 bits per heavy atom. The number of aryl methyl sites for hydroxylation is 1. The van der Waals surface area contributed by atoms with Crippen molar-refractivity contribution in [2.45, 2.75) is 25.6 Å². The Labute approximate surface area is 170 Å². The first kappa shape index (κ1) is 18.5. The van der Waals surface area contributed by atoms with Crippen LogP contribution in [0.3, 0.4) is 0 Å². The van der Waals surface area contributed by atoms with Crippen LogP contribution in [0.1, 0.15) is 18.5 Å². The summed E-state index contributed by atoms with van der Waals surface area (Å²) in [6, 6.07) is 3.92. The standard InChI is InChI=1S/C20H27N7O2/c1-16-15-17(25-7-3-20(4-8-25)28-13-14-29-20)24-19(23-16)27-11-9-26(10-12-27)18-21-5-2-6-22-18/h2,5-6,15H,3-4,7-14H2,1H3. The van der Waals surface area contributed by atoms with Crippen molar-refractivity contribution in [3.63, 3.8) is 0 Å². The zero-order chi connectivity index (χ0) is 19.7. The second-order valence-electron chi connectivity index (χ2n) is 7.79. The maximum Gasteiger partial charge on any atom is 0.227 e. The third-order valence-electron chi connectivity index (χ3n) is 5.89. The van der Waals surface area contributed by atoms with Crippen molar-refractivity contribution < 1.29 is 9.47 Å². The Morgan fingerprint density at radius 2 is 1.41 bits per heavy atom. The Kier molecular flexibility index (Phi) is 4.92. The maximum atomic E-state index is 5.85.